The van der Waals surface area contributed by atoms with Gasteiger partial charge in [-0.05, 0) is 32.1 Å². The Morgan fingerprint density at radius 3 is 2.90 bits per heavy atom. The predicted octanol–water partition coefficient (Wildman–Crippen LogP) is 2.11. The lowest BCUT2D eigenvalue weighted by Crippen LogP contribution is -2.28. The van der Waals surface area contributed by atoms with Crippen molar-refractivity contribution in [3.8, 4) is 0 Å². The highest BCUT2D eigenvalue weighted by molar-refractivity contribution is 4.91. The molecular formula is C9H16O. The van der Waals surface area contributed by atoms with Crippen molar-refractivity contribution < 1.29 is 5.11 Å². The van der Waals surface area contributed by atoms with E-state index in [4.69, 9.17) is 0 Å². The third kappa shape index (κ3) is 1.40. The first-order valence-corrected chi connectivity index (χ1v) is 4.00. The van der Waals surface area contributed by atoms with Crippen LogP contribution >= 0.6 is 0 Å². The van der Waals surface area contributed by atoms with Gasteiger partial charge in [0, 0.05) is 0 Å². The van der Waals surface area contributed by atoms with Gasteiger partial charge in [-0.15, -0.1) is 6.58 Å². The van der Waals surface area contributed by atoms with Gasteiger partial charge in [0.2, 0.25) is 0 Å². The van der Waals surface area contributed by atoms with Gasteiger partial charge < -0.3 is 5.11 Å². The Bertz CT molecular complexity index is 127. The molecule has 0 saturated heterocycles. The molecule has 0 aliphatic heterocycles. The standard InChI is InChI=1S/C9H16O/c1-3-5-8-6-4-7-9(8,2)10/h3,8,10H,1,4-7H2,2H3/t8-,9-/m1/s1. The van der Waals surface area contributed by atoms with Gasteiger partial charge in [0.05, 0.1) is 5.60 Å². The Balaban J connectivity index is 2.50. The Morgan fingerprint density at radius 1 is 1.80 bits per heavy atom. The minimum atomic E-state index is -0.409. The maximum absolute atomic E-state index is 9.74. The molecule has 0 aromatic heterocycles. The number of aliphatic hydroxyl groups is 1. The smallest absolute Gasteiger partial charge is 0.0650 e. The van der Waals surface area contributed by atoms with E-state index >= 15 is 0 Å². The Kier molecular flexibility index (Phi) is 2.14. The van der Waals surface area contributed by atoms with E-state index in [0.29, 0.717) is 5.92 Å². The van der Waals surface area contributed by atoms with Crippen LogP contribution in [0.1, 0.15) is 32.6 Å². The molecule has 1 nitrogen and oxygen atoms in total. The average molecular weight is 140 g/mol. The normalized spacial score (nSPS) is 40.0. The molecule has 1 aliphatic rings. The zero-order valence-electron chi connectivity index (χ0n) is 6.64. The molecule has 1 saturated carbocycles. The van der Waals surface area contributed by atoms with Crippen molar-refractivity contribution >= 4 is 0 Å². The molecule has 0 aromatic rings. The van der Waals surface area contributed by atoms with E-state index in [-0.39, 0.29) is 0 Å². The van der Waals surface area contributed by atoms with E-state index < -0.39 is 5.60 Å². The van der Waals surface area contributed by atoms with Crippen LogP contribution in [0.4, 0.5) is 0 Å². The van der Waals surface area contributed by atoms with Crippen molar-refractivity contribution in [2.75, 3.05) is 0 Å². The van der Waals surface area contributed by atoms with Gasteiger partial charge in [0.25, 0.3) is 0 Å². The molecule has 0 bridgehead atoms. The molecular weight excluding hydrogens is 124 g/mol. The van der Waals surface area contributed by atoms with E-state index in [2.05, 4.69) is 6.58 Å². The van der Waals surface area contributed by atoms with Gasteiger partial charge in [-0.3, -0.25) is 0 Å². The van der Waals surface area contributed by atoms with Gasteiger partial charge in [-0.1, -0.05) is 12.5 Å². The SMILES string of the molecule is C=CC[C@@H]1CCC[C@@]1(C)O. The second-order valence-electron chi connectivity index (χ2n) is 3.47. The summed E-state index contributed by atoms with van der Waals surface area (Å²) in [6.07, 6.45) is 6.17. The molecule has 0 amide bonds. The second kappa shape index (κ2) is 2.75. The fourth-order valence-corrected chi connectivity index (χ4v) is 1.79. The molecule has 58 valence electrons. The van der Waals surface area contributed by atoms with Crippen LogP contribution in [0.3, 0.4) is 0 Å². The van der Waals surface area contributed by atoms with Crippen molar-refractivity contribution in [1.82, 2.24) is 0 Å². The van der Waals surface area contributed by atoms with Crippen LogP contribution in [0.2, 0.25) is 0 Å². The van der Waals surface area contributed by atoms with E-state index in [1.165, 1.54) is 12.8 Å². The molecule has 1 N–H and O–H groups in total. The third-order valence-corrected chi connectivity index (χ3v) is 2.57. The number of hydrogen-bond donors (Lipinski definition) is 1. The van der Waals surface area contributed by atoms with Crippen LogP contribution in [0.25, 0.3) is 0 Å². The Labute approximate surface area is 62.8 Å². The number of rotatable bonds is 2. The first kappa shape index (κ1) is 7.80. The topological polar surface area (TPSA) is 20.2 Å². The highest BCUT2D eigenvalue weighted by Gasteiger charge is 2.35. The molecule has 2 atom stereocenters. The molecule has 10 heavy (non-hydrogen) atoms. The van der Waals surface area contributed by atoms with Crippen molar-refractivity contribution in [3.05, 3.63) is 12.7 Å². The lowest BCUT2D eigenvalue weighted by molar-refractivity contribution is 0.0224. The molecule has 0 spiro atoms. The summed E-state index contributed by atoms with van der Waals surface area (Å²) in [6.45, 7) is 5.62. The monoisotopic (exact) mass is 140 g/mol. The highest BCUT2D eigenvalue weighted by atomic mass is 16.3. The van der Waals surface area contributed by atoms with Crippen LogP contribution < -0.4 is 0 Å². The van der Waals surface area contributed by atoms with Crippen LogP contribution in [0, 0.1) is 5.92 Å². The summed E-state index contributed by atoms with van der Waals surface area (Å²) >= 11 is 0. The fourth-order valence-electron chi connectivity index (χ4n) is 1.79. The minimum Gasteiger partial charge on any atom is -0.390 e. The molecule has 0 aromatic carbocycles. The highest BCUT2D eigenvalue weighted by Crippen LogP contribution is 2.37. The number of hydrogen-bond acceptors (Lipinski definition) is 1. The summed E-state index contributed by atoms with van der Waals surface area (Å²) < 4.78 is 0. The maximum Gasteiger partial charge on any atom is 0.0650 e. The van der Waals surface area contributed by atoms with E-state index in [0.717, 1.165) is 12.8 Å². The summed E-state index contributed by atoms with van der Waals surface area (Å²) in [6, 6.07) is 0. The lowest BCUT2D eigenvalue weighted by Gasteiger charge is -2.24. The summed E-state index contributed by atoms with van der Waals surface area (Å²) in [4.78, 5) is 0. The molecule has 0 unspecified atom stereocenters. The van der Waals surface area contributed by atoms with E-state index in [1.807, 2.05) is 13.0 Å². The maximum atomic E-state index is 9.74. The predicted molar refractivity (Wildman–Crippen MR) is 42.8 cm³/mol. The van der Waals surface area contributed by atoms with E-state index in [1.54, 1.807) is 0 Å². The molecule has 0 heterocycles. The summed E-state index contributed by atoms with van der Waals surface area (Å²) in [5, 5.41) is 9.74. The van der Waals surface area contributed by atoms with Crippen LogP contribution in [0.5, 0.6) is 0 Å². The van der Waals surface area contributed by atoms with Crippen LogP contribution in [-0.2, 0) is 0 Å². The molecule has 1 heteroatoms. The largest absolute Gasteiger partial charge is 0.390 e. The molecule has 1 fully saturated rings. The molecule has 0 radical (unpaired) electrons. The van der Waals surface area contributed by atoms with Crippen molar-refractivity contribution in [3.63, 3.8) is 0 Å². The average Bonchev–Trinajstić information content (AvgIpc) is 2.13. The molecule has 1 aliphatic carbocycles. The quantitative estimate of drug-likeness (QED) is 0.582. The molecule has 1 rings (SSSR count). The Morgan fingerprint density at radius 2 is 2.50 bits per heavy atom. The van der Waals surface area contributed by atoms with Crippen molar-refractivity contribution in [2.24, 2.45) is 5.92 Å². The number of allylic oxidation sites excluding steroid dienone is 1. The lowest BCUT2D eigenvalue weighted by atomic mass is 9.90. The van der Waals surface area contributed by atoms with Crippen molar-refractivity contribution in [2.45, 2.75) is 38.2 Å². The fraction of sp³-hybridized carbons (Fsp3) is 0.778. The van der Waals surface area contributed by atoms with Crippen molar-refractivity contribution in [1.29, 1.82) is 0 Å². The van der Waals surface area contributed by atoms with Crippen LogP contribution in [-0.4, -0.2) is 10.7 Å². The first-order chi connectivity index (χ1) is 4.67. The van der Waals surface area contributed by atoms with Gasteiger partial charge in [0.15, 0.2) is 0 Å². The summed E-state index contributed by atoms with van der Waals surface area (Å²) in [5.74, 6) is 0.463. The van der Waals surface area contributed by atoms with Crippen LogP contribution in [0.15, 0.2) is 12.7 Å². The second-order valence-corrected chi connectivity index (χ2v) is 3.47. The zero-order chi connectivity index (χ0) is 7.61. The summed E-state index contributed by atoms with van der Waals surface area (Å²) in [7, 11) is 0. The van der Waals surface area contributed by atoms with Gasteiger partial charge in [-0.2, -0.15) is 0 Å². The van der Waals surface area contributed by atoms with E-state index in [9.17, 15) is 5.11 Å². The first-order valence-electron chi connectivity index (χ1n) is 4.00. The van der Waals surface area contributed by atoms with Gasteiger partial charge >= 0.3 is 0 Å². The zero-order valence-corrected chi connectivity index (χ0v) is 6.64. The summed E-state index contributed by atoms with van der Waals surface area (Å²) in [5.41, 5.74) is -0.409. The van der Waals surface area contributed by atoms with Gasteiger partial charge in [-0.25, -0.2) is 0 Å². The van der Waals surface area contributed by atoms with Gasteiger partial charge in [0.1, 0.15) is 0 Å². The minimum absolute atomic E-state index is 0.409. The third-order valence-electron chi connectivity index (χ3n) is 2.57. The Hall–Kier alpha value is -0.300.